The summed E-state index contributed by atoms with van der Waals surface area (Å²) in [5.41, 5.74) is 0.268. The molecule has 8 heteroatoms. The normalized spacial score (nSPS) is 17.4. The molecule has 132 valence electrons. The summed E-state index contributed by atoms with van der Waals surface area (Å²) in [6.45, 7) is 1.37. The summed E-state index contributed by atoms with van der Waals surface area (Å²) < 4.78 is 19.9. The lowest BCUT2D eigenvalue weighted by atomic mass is 10.2. The predicted octanol–water partition coefficient (Wildman–Crippen LogP) is 2.40. The number of nitrogens with zero attached hydrogens (tertiary/aromatic N) is 2. The SMILES string of the molecule is O=c1[nH]c(=S)n(Cc2ccc(F)cc2)c(O)c1C=NC[C@@H]1CCCO1. The first-order valence-electron chi connectivity index (χ1n) is 7.96. The molecule has 0 spiro atoms. The van der Waals surface area contributed by atoms with Gasteiger partial charge in [-0.15, -0.1) is 0 Å². The van der Waals surface area contributed by atoms with Crippen molar-refractivity contribution in [2.45, 2.75) is 25.5 Å². The number of benzene rings is 1. The van der Waals surface area contributed by atoms with E-state index in [1.807, 2.05) is 0 Å². The van der Waals surface area contributed by atoms with E-state index in [0.717, 1.165) is 25.0 Å². The lowest BCUT2D eigenvalue weighted by molar-refractivity contribution is 0.118. The van der Waals surface area contributed by atoms with Crippen molar-refractivity contribution in [1.82, 2.24) is 9.55 Å². The fourth-order valence-corrected chi connectivity index (χ4v) is 2.90. The van der Waals surface area contributed by atoms with Crippen molar-refractivity contribution in [3.8, 4) is 5.88 Å². The van der Waals surface area contributed by atoms with E-state index in [1.54, 1.807) is 12.1 Å². The maximum absolute atomic E-state index is 13.0. The van der Waals surface area contributed by atoms with E-state index >= 15 is 0 Å². The molecule has 1 fully saturated rings. The van der Waals surface area contributed by atoms with E-state index < -0.39 is 5.56 Å². The first kappa shape index (κ1) is 17.5. The Balaban J connectivity index is 1.86. The summed E-state index contributed by atoms with van der Waals surface area (Å²) in [6, 6.07) is 5.83. The standard InChI is InChI=1S/C17H18FN3O3S/c18-12-5-3-11(4-6-12)10-21-16(23)14(15(22)20-17(21)25)9-19-8-13-2-1-7-24-13/h3-6,9,13,23H,1-2,7-8,10H2,(H,20,22,25)/t13-/m0/s1. The van der Waals surface area contributed by atoms with Crippen molar-refractivity contribution in [2.75, 3.05) is 13.2 Å². The molecule has 2 heterocycles. The molecule has 0 saturated carbocycles. The van der Waals surface area contributed by atoms with Gasteiger partial charge in [0, 0.05) is 12.8 Å². The van der Waals surface area contributed by atoms with Crippen LogP contribution in [0.3, 0.4) is 0 Å². The summed E-state index contributed by atoms with van der Waals surface area (Å²) in [6.07, 6.45) is 3.34. The Morgan fingerprint density at radius 1 is 1.44 bits per heavy atom. The highest BCUT2D eigenvalue weighted by Gasteiger charge is 2.15. The third-order valence-electron chi connectivity index (χ3n) is 4.01. The van der Waals surface area contributed by atoms with E-state index in [2.05, 4.69) is 9.98 Å². The molecule has 1 aliphatic rings. The largest absolute Gasteiger partial charge is 0.494 e. The molecule has 25 heavy (non-hydrogen) atoms. The minimum absolute atomic E-state index is 0.0358. The van der Waals surface area contributed by atoms with Crippen molar-refractivity contribution >= 4 is 18.4 Å². The average molecular weight is 363 g/mol. The van der Waals surface area contributed by atoms with Crippen molar-refractivity contribution in [3.63, 3.8) is 0 Å². The zero-order valence-corrected chi connectivity index (χ0v) is 14.3. The molecule has 3 rings (SSSR count). The van der Waals surface area contributed by atoms with Crippen LogP contribution in [0.1, 0.15) is 24.0 Å². The number of aromatic amines is 1. The highest BCUT2D eigenvalue weighted by Crippen LogP contribution is 2.16. The molecule has 6 nitrogen and oxygen atoms in total. The monoisotopic (exact) mass is 363 g/mol. The third kappa shape index (κ3) is 4.21. The second-order valence-corrected chi connectivity index (χ2v) is 6.23. The van der Waals surface area contributed by atoms with Crippen molar-refractivity contribution in [2.24, 2.45) is 4.99 Å². The number of aromatic nitrogens is 2. The van der Waals surface area contributed by atoms with Gasteiger partial charge in [-0.05, 0) is 42.8 Å². The smallest absolute Gasteiger partial charge is 0.264 e. The Morgan fingerprint density at radius 3 is 2.88 bits per heavy atom. The van der Waals surface area contributed by atoms with Gasteiger partial charge in [0.2, 0.25) is 5.88 Å². The molecule has 0 bridgehead atoms. The average Bonchev–Trinajstić information content (AvgIpc) is 3.09. The van der Waals surface area contributed by atoms with Crippen LogP contribution >= 0.6 is 12.2 Å². The van der Waals surface area contributed by atoms with Crippen LogP contribution in [0.15, 0.2) is 34.1 Å². The zero-order valence-electron chi connectivity index (χ0n) is 13.4. The molecule has 0 amide bonds. The number of rotatable bonds is 5. The fourth-order valence-electron chi connectivity index (χ4n) is 2.66. The number of aliphatic imine (C=N–C) groups is 1. The van der Waals surface area contributed by atoms with Crippen LogP contribution in [0.4, 0.5) is 4.39 Å². The zero-order chi connectivity index (χ0) is 17.8. The summed E-state index contributed by atoms with van der Waals surface area (Å²) in [4.78, 5) is 18.8. The first-order chi connectivity index (χ1) is 12.0. The molecule has 0 radical (unpaired) electrons. The number of hydrogen-bond acceptors (Lipinski definition) is 5. The third-order valence-corrected chi connectivity index (χ3v) is 4.34. The number of ether oxygens (including phenoxy) is 1. The van der Waals surface area contributed by atoms with Crippen LogP contribution in [0.2, 0.25) is 0 Å². The number of H-pyrrole nitrogens is 1. The molecule has 1 saturated heterocycles. The molecule has 0 unspecified atom stereocenters. The summed E-state index contributed by atoms with van der Waals surface area (Å²) in [5.74, 6) is -0.617. The summed E-state index contributed by atoms with van der Waals surface area (Å²) in [7, 11) is 0. The molecular formula is C17H18FN3O3S. The second-order valence-electron chi connectivity index (χ2n) is 5.84. The Bertz CT molecular complexity index is 883. The Kier molecular flexibility index (Phi) is 5.40. The van der Waals surface area contributed by atoms with E-state index in [0.29, 0.717) is 6.54 Å². The van der Waals surface area contributed by atoms with Crippen molar-refractivity contribution in [3.05, 3.63) is 56.3 Å². The number of nitrogens with one attached hydrogen (secondary N) is 1. The highest BCUT2D eigenvalue weighted by atomic mass is 32.1. The number of hydrogen-bond donors (Lipinski definition) is 2. The Labute approximate surface area is 148 Å². The molecule has 1 aromatic carbocycles. The van der Waals surface area contributed by atoms with Gasteiger partial charge in [-0.2, -0.15) is 0 Å². The van der Waals surface area contributed by atoms with Crippen LogP contribution < -0.4 is 5.56 Å². The fraction of sp³-hybridized carbons (Fsp3) is 0.353. The number of aromatic hydroxyl groups is 1. The molecule has 2 N–H and O–H groups in total. The minimum atomic E-state index is -0.506. The first-order valence-corrected chi connectivity index (χ1v) is 8.37. The van der Waals surface area contributed by atoms with Crippen molar-refractivity contribution in [1.29, 1.82) is 0 Å². The predicted molar refractivity (Wildman–Crippen MR) is 94.5 cm³/mol. The van der Waals surface area contributed by atoms with Gasteiger partial charge in [0.25, 0.3) is 5.56 Å². The molecule has 2 aromatic rings. The van der Waals surface area contributed by atoms with Gasteiger partial charge in [-0.3, -0.25) is 19.3 Å². The van der Waals surface area contributed by atoms with E-state index in [-0.39, 0.29) is 34.7 Å². The Morgan fingerprint density at radius 2 is 2.20 bits per heavy atom. The van der Waals surface area contributed by atoms with Gasteiger partial charge in [0.15, 0.2) is 4.77 Å². The minimum Gasteiger partial charge on any atom is -0.494 e. The molecule has 1 aliphatic heterocycles. The second kappa shape index (κ2) is 7.71. The van der Waals surface area contributed by atoms with Crippen LogP contribution in [0.25, 0.3) is 0 Å². The lowest BCUT2D eigenvalue weighted by Crippen LogP contribution is -2.19. The van der Waals surface area contributed by atoms with Crippen LogP contribution in [0.5, 0.6) is 5.88 Å². The van der Waals surface area contributed by atoms with E-state index in [4.69, 9.17) is 17.0 Å². The number of halogens is 1. The summed E-state index contributed by atoms with van der Waals surface area (Å²) in [5, 5.41) is 10.4. The summed E-state index contributed by atoms with van der Waals surface area (Å²) >= 11 is 5.12. The maximum atomic E-state index is 13.0. The van der Waals surface area contributed by atoms with Gasteiger partial charge in [-0.25, -0.2) is 4.39 Å². The topological polar surface area (TPSA) is 79.6 Å². The maximum Gasteiger partial charge on any atom is 0.264 e. The molecule has 0 aliphatic carbocycles. The lowest BCUT2D eigenvalue weighted by Gasteiger charge is -2.11. The molecule has 1 atom stereocenters. The molecular weight excluding hydrogens is 345 g/mol. The van der Waals surface area contributed by atoms with Gasteiger partial charge in [0.05, 0.1) is 19.2 Å². The van der Waals surface area contributed by atoms with Crippen LogP contribution in [-0.2, 0) is 11.3 Å². The van der Waals surface area contributed by atoms with Gasteiger partial charge in [-0.1, -0.05) is 12.1 Å². The highest BCUT2D eigenvalue weighted by molar-refractivity contribution is 7.71. The van der Waals surface area contributed by atoms with E-state index in [1.165, 1.54) is 22.9 Å². The quantitative estimate of drug-likeness (QED) is 0.631. The van der Waals surface area contributed by atoms with E-state index in [9.17, 15) is 14.3 Å². The van der Waals surface area contributed by atoms with Gasteiger partial charge < -0.3 is 9.84 Å². The van der Waals surface area contributed by atoms with Gasteiger partial charge >= 0.3 is 0 Å². The van der Waals surface area contributed by atoms with Gasteiger partial charge in [0.1, 0.15) is 11.4 Å². The molecule has 1 aromatic heterocycles. The van der Waals surface area contributed by atoms with Crippen LogP contribution in [-0.4, -0.2) is 40.1 Å². The van der Waals surface area contributed by atoms with Crippen LogP contribution in [0, 0.1) is 10.6 Å². The Hall–Kier alpha value is -2.32. The van der Waals surface area contributed by atoms with Crippen molar-refractivity contribution < 1.29 is 14.2 Å².